The maximum absolute atomic E-state index is 13.0. The van der Waals surface area contributed by atoms with Crippen LogP contribution in [-0.4, -0.2) is 42.8 Å². The number of β-lactam (4-membered cyclic amide) rings is 1. The molecule has 5 nitrogen and oxygen atoms in total. The van der Waals surface area contributed by atoms with Gasteiger partial charge >= 0.3 is 0 Å². The first-order valence-electron chi connectivity index (χ1n) is 8.94. The summed E-state index contributed by atoms with van der Waals surface area (Å²) in [6, 6.07) is 17.8. The summed E-state index contributed by atoms with van der Waals surface area (Å²) in [4.78, 5) is 17.0. The van der Waals surface area contributed by atoms with E-state index in [2.05, 4.69) is 17.0 Å². The van der Waals surface area contributed by atoms with Gasteiger partial charge < -0.3 is 14.4 Å². The van der Waals surface area contributed by atoms with Crippen LogP contribution < -0.4 is 9.64 Å². The predicted molar refractivity (Wildman–Crippen MR) is 100 cm³/mol. The standard InChI is InChI=1S/C21H24N2O3/c1-21(2)23(19(14-26-21)15-7-5-4-6-8-15)18-13-22(20(18)24)16-9-11-17(25-3)12-10-16/h4-12,18-19H,13-14H2,1-3H3/t18-,19-/m1/s1. The van der Waals surface area contributed by atoms with Gasteiger partial charge in [0.2, 0.25) is 5.91 Å². The molecule has 0 N–H and O–H groups in total. The van der Waals surface area contributed by atoms with Gasteiger partial charge in [0.15, 0.2) is 0 Å². The number of nitrogens with zero attached hydrogens (tertiary/aromatic N) is 2. The van der Waals surface area contributed by atoms with Crippen molar-refractivity contribution in [3.05, 3.63) is 60.2 Å². The smallest absolute Gasteiger partial charge is 0.246 e. The topological polar surface area (TPSA) is 42.0 Å². The number of anilines is 1. The first-order valence-corrected chi connectivity index (χ1v) is 8.94. The Labute approximate surface area is 154 Å². The third kappa shape index (κ3) is 2.77. The fourth-order valence-corrected chi connectivity index (χ4v) is 3.95. The summed E-state index contributed by atoms with van der Waals surface area (Å²) in [5.41, 5.74) is 1.63. The molecule has 0 saturated carbocycles. The molecule has 2 aliphatic rings. The quantitative estimate of drug-likeness (QED) is 0.793. The molecule has 2 fully saturated rings. The molecule has 2 saturated heterocycles. The zero-order valence-electron chi connectivity index (χ0n) is 15.4. The Morgan fingerprint density at radius 3 is 2.35 bits per heavy atom. The molecule has 1 amide bonds. The zero-order valence-corrected chi connectivity index (χ0v) is 15.4. The molecule has 26 heavy (non-hydrogen) atoms. The summed E-state index contributed by atoms with van der Waals surface area (Å²) >= 11 is 0. The van der Waals surface area contributed by atoms with E-state index in [0.29, 0.717) is 13.2 Å². The van der Waals surface area contributed by atoms with E-state index in [1.54, 1.807) is 7.11 Å². The van der Waals surface area contributed by atoms with Crippen molar-refractivity contribution in [2.75, 3.05) is 25.2 Å². The second-order valence-corrected chi connectivity index (χ2v) is 7.25. The third-order valence-electron chi connectivity index (χ3n) is 5.36. The molecule has 0 radical (unpaired) electrons. The van der Waals surface area contributed by atoms with Gasteiger partial charge in [-0.1, -0.05) is 30.3 Å². The van der Waals surface area contributed by atoms with Crippen LogP contribution in [0.2, 0.25) is 0 Å². The molecule has 0 bridgehead atoms. The normalized spacial score (nSPS) is 25.2. The maximum Gasteiger partial charge on any atom is 0.246 e. The molecule has 4 rings (SSSR count). The monoisotopic (exact) mass is 352 g/mol. The lowest BCUT2D eigenvalue weighted by atomic mass is 9.97. The van der Waals surface area contributed by atoms with Crippen LogP contribution in [0.5, 0.6) is 5.75 Å². The Kier molecular flexibility index (Phi) is 4.21. The minimum Gasteiger partial charge on any atom is -0.497 e. The van der Waals surface area contributed by atoms with Gasteiger partial charge in [-0.25, -0.2) is 0 Å². The Bertz CT molecular complexity index is 789. The van der Waals surface area contributed by atoms with Crippen LogP contribution in [-0.2, 0) is 9.53 Å². The van der Waals surface area contributed by atoms with Crippen molar-refractivity contribution in [3.63, 3.8) is 0 Å². The SMILES string of the molecule is COc1ccc(N2C[C@@H](N3[C@@H](c4ccccc4)COC3(C)C)C2=O)cc1. The van der Waals surface area contributed by atoms with Crippen LogP contribution in [0.25, 0.3) is 0 Å². The van der Waals surface area contributed by atoms with Gasteiger partial charge in [0, 0.05) is 5.69 Å². The molecule has 0 unspecified atom stereocenters. The lowest BCUT2D eigenvalue weighted by Crippen LogP contribution is -2.67. The van der Waals surface area contributed by atoms with Gasteiger partial charge in [-0.3, -0.25) is 9.69 Å². The van der Waals surface area contributed by atoms with Crippen LogP contribution >= 0.6 is 0 Å². The van der Waals surface area contributed by atoms with Gasteiger partial charge in [0.1, 0.15) is 17.5 Å². The van der Waals surface area contributed by atoms with Crippen LogP contribution in [0.1, 0.15) is 25.5 Å². The predicted octanol–water partition coefficient (Wildman–Crippen LogP) is 3.22. The van der Waals surface area contributed by atoms with E-state index in [0.717, 1.165) is 11.4 Å². The van der Waals surface area contributed by atoms with Crippen molar-refractivity contribution in [2.45, 2.75) is 31.7 Å². The van der Waals surface area contributed by atoms with E-state index >= 15 is 0 Å². The molecular weight excluding hydrogens is 328 g/mol. The highest BCUT2D eigenvalue weighted by Gasteiger charge is 2.53. The van der Waals surface area contributed by atoms with Crippen molar-refractivity contribution in [2.24, 2.45) is 0 Å². The van der Waals surface area contributed by atoms with E-state index in [-0.39, 0.29) is 18.0 Å². The molecule has 0 spiro atoms. The van der Waals surface area contributed by atoms with Crippen LogP contribution in [0.3, 0.4) is 0 Å². The molecule has 136 valence electrons. The van der Waals surface area contributed by atoms with Gasteiger partial charge in [0.25, 0.3) is 0 Å². The summed E-state index contributed by atoms with van der Waals surface area (Å²) in [6.45, 7) is 5.35. The first-order chi connectivity index (χ1) is 12.5. The summed E-state index contributed by atoms with van der Waals surface area (Å²) < 4.78 is 11.2. The van der Waals surface area contributed by atoms with E-state index in [1.807, 2.05) is 61.2 Å². The lowest BCUT2D eigenvalue weighted by molar-refractivity contribution is -0.140. The molecule has 2 atom stereocenters. The number of benzene rings is 2. The van der Waals surface area contributed by atoms with Crippen molar-refractivity contribution < 1.29 is 14.3 Å². The van der Waals surface area contributed by atoms with Crippen molar-refractivity contribution in [1.29, 1.82) is 0 Å². The van der Waals surface area contributed by atoms with Gasteiger partial charge in [-0.2, -0.15) is 0 Å². The summed E-state index contributed by atoms with van der Waals surface area (Å²) in [6.07, 6.45) is 0. The molecule has 2 aromatic rings. The fourth-order valence-electron chi connectivity index (χ4n) is 3.95. The lowest BCUT2D eigenvalue weighted by Gasteiger charge is -2.48. The van der Waals surface area contributed by atoms with Gasteiger partial charge in [-0.05, 0) is 43.7 Å². The molecule has 2 heterocycles. The van der Waals surface area contributed by atoms with Gasteiger partial charge in [0.05, 0.1) is 26.3 Å². The minimum atomic E-state index is -0.465. The number of carbonyl (C=O) groups is 1. The largest absolute Gasteiger partial charge is 0.497 e. The first kappa shape index (κ1) is 17.1. The fraction of sp³-hybridized carbons (Fsp3) is 0.381. The third-order valence-corrected chi connectivity index (χ3v) is 5.36. The van der Waals surface area contributed by atoms with Crippen LogP contribution in [0.15, 0.2) is 54.6 Å². The van der Waals surface area contributed by atoms with Crippen molar-refractivity contribution in [1.82, 2.24) is 4.90 Å². The van der Waals surface area contributed by atoms with E-state index in [9.17, 15) is 4.79 Å². The van der Waals surface area contributed by atoms with Crippen LogP contribution in [0, 0.1) is 0 Å². The number of carbonyl (C=O) groups excluding carboxylic acids is 1. The van der Waals surface area contributed by atoms with E-state index in [4.69, 9.17) is 9.47 Å². The van der Waals surface area contributed by atoms with Crippen LogP contribution in [0.4, 0.5) is 5.69 Å². The maximum atomic E-state index is 13.0. The Morgan fingerprint density at radius 1 is 1.04 bits per heavy atom. The van der Waals surface area contributed by atoms with E-state index in [1.165, 1.54) is 5.56 Å². The van der Waals surface area contributed by atoms with Gasteiger partial charge in [-0.15, -0.1) is 0 Å². The van der Waals surface area contributed by atoms with Crippen molar-refractivity contribution >= 4 is 11.6 Å². The highest BCUT2D eigenvalue weighted by molar-refractivity contribution is 6.04. The second kappa shape index (κ2) is 6.41. The molecule has 0 aliphatic carbocycles. The number of ether oxygens (including phenoxy) is 2. The minimum absolute atomic E-state index is 0.0955. The summed E-state index contributed by atoms with van der Waals surface area (Å²) in [5, 5.41) is 0. The van der Waals surface area contributed by atoms with Crippen molar-refractivity contribution in [3.8, 4) is 5.75 Å². The molecule has 5 heteroatoms. The second-order valence-electron chi connectivity index (χ2n) is 7.25. The van der Waals surface area contributed by atoms with E-state index < -0.39 is 5.72 Å². The number of amides is 1. The Hall–Kier alpha value is -2.37. The molecular formula is C21H24N2O3. The number of hydrogen-bond donors (Lipinski definition) is 0. The Balaban J connectivity index is 1.55. The Morgan fingerprint density at radius 2 is 1.73 bits per heavy atom. The highest BCUT2D eigenvalue weighted by Crippen LogP contribution is 2.41. The highest BCUT2D eigenvalue weighted by atomic mass is 16.5. The number of hydrogen-bond acceptors (Lipinski definition) is 4. The average molecular weight is 352 g/mol. The molecule has 2 aliphatic heterocycles. The number of methoxy groups -OCH3 is 1. The molecule has 2 aromatic carbocycles. The number of rotatable bonds is 4. The zero-order chi connectivity index (χ0) is 18.3. The average Bonchev–Trinajstić information content (AvgIpc) is 2.97. The summed E-state index contributed by atoms with van der Waals surface area (Å²) in [5.74, 6) is 0.908. The molecule has 0 aromatic heterocycles. The summed E-state index contributed by atoms with van der Waals surface area (Å²) in [7, 11) is 1.64.